The zero-order chi connectivity index (χ0) is 15.1. The summed E-state index contributed by atoms with van der Waals surface area (Å²) in [6, 6.07) is 5.69. The van der Waals surface area contributed by atoms with E-state index in [-0.39, 0.29) is 24.0 Å². The first-order valence-corrected chi connectivity index (χ1v) is 6.27. The number of nitrogens with zero attached hydrogens (tertiary/aromatic N) is 2. The fourth-order valence-electron chi connectivity index (χ4n) is 1.64. The number of imidazole rings is 1. The second kappa shape index (κ2) is 7.04. The van der Waals surface area contributed by atoms with Crippen LogP contribution in [0.25, 0.3) is 0 Å². The quantitative estimate of drug-likeness (QED) is 0.585. The highest BCUT2D eigenvalue weighted by molar-refractivity contribution is 5.77. The van der Waals surface area contributed by atoms with E-state index < -0.39 is 4.92 Å². The summed E-state index contributed by atoms with van der Waals surface area (Å²) in [6.45, 7) is 0.240. The number of carbonyl (C=O) groups is 1. The molecule has 110 valence electrons. The van der Waals surface area contributed by atoms with Gasteiger partial charge in [0.15, 0.2) is 6.61 Å². The Balaban J connectivity index is 1.73. The second-order valence-electron chi connectivity index (χ2n) is 4.18. The summed E-state index contributed by atoms with van der Waals surface area (Å²) < 4.78 is 5.21. The molecular weight excluding hydrogens is 276 g/mol. The number of carbonyl (C=O) groups excluding carboxylic acids is 1. The summed E-state index contributed by atoms with van der Waals surface area (Å²) in [5.74, 6) is 0.772. The number of nitro benzene ring substituents is 1. The zero-order valence-electron chi connectivity index (χ0n) is 11.1. The standard InChI is InChI=1S/C13H14N4O4/c18-13(16-5-4-12-14-6-7-15-12)9-21-11-3-1-2-10(8-11)17(19)20/h1-3,6-8H,4-5,9H2,(H,14,15)(H,16,18). The monoisotopic (exact) mass is 290 g/mol. The molecule has 0 spiro atoms. The van der Waals surface area contributed by atoms with Gasteiger partial charge in [-0.05, 0) is 6.07 Å². The van der Waals surface area contributed by atoms with Crippen LogP contribution >= 0.6 is 0 Å². The molecule has 1 aromatic carbocycles. The Labute approximate surface area is 120 Å². The number of nitro groups is 1. The van der Waals surface area contributed by atoms with Gasteiger partial charge in [-0.2, -0.15) is 0 Å². The molecule has 1 amide bonds. The lowest BCUT2D eigenvalue weighted by molar-refractivity contribution is -0.384. The average molecular weight is 290 g/mol. The van der Waals surface area contributed by atoms with Gasteiger partial charge in [0.05, 0.1) is 11.0 Å². The van der Waals surface area contributed by atoms with Crippen molar-refractivity contribution in [1.29, 1.82) is 0 Å². The van der Waals surface area contributed by atoms with Crippen LogP contribution in [0.3, 0.4) is 0 Å². The predicted octanol–water partition coefficient (Wildman–Crippen LogP) is 1.06. The van der Waals surface area contributed by atoms with Crippen LogP contribution in [-0.2, 0) is 11.2 Å². The molecule has 0 unspecified atom stereocenters. The van der Waals surface area contributed by atoms with Crippen molar-refractivity contribution >= 4 is 11.6 Å². The third-order valence-corrected chi connectivity index (χ3v) is 2.64. The highest BCUT2D eigenvalue weighted by Gasteiger charge is 2.08. The predicted molar refractivity (Wildman–Crippen MR) is 73.9 cm³/mol. The number of aromatic nitrogens is 2. The van der Waals surface area contributed by atoms with Crippen molar-refractivity contribution in [2.24, 2.45) is 0 Å². The maximum absolute atomic E-state index is 11.6. The van der Waals surface area contributed by atoms with E-state index in [1.165, 1.54) is 18.2 Å². The van der Waals surface area contributed by atoms with E-state index in [1.807, 2.05) is 0 Å². The Morgan fingerprint density at radius 3 is 3.05 bits per heavy atom. The molecule has 0 atom stereocenters. The smallest absolute Gasteiger partial charge is 0.273 e. The van der Waals surface area contributed by atoms with Gasteiger partial charge in [0.1, 0.15) is 11.6 Å². The van der Waals surface area contributed by atoms with Gasteiger partial charge in [-0.1, -0.05) is 6.07 Å². The lowest BCUT2D eigenvalue weighted by Gasteiger charge is -2.06. The van der Waals surface area contributed by atoms with Crippen molar-refractivity contribution in [3.63, 3.8) is 0 Å². The fourth-order valence-corrected chi connectivity index (χ4v) is 1.64. The van der Waals surface area contributed by atoms with Crippen LogP contribution in [0.1, 0.15) is 5.82 Å². The van der Waals surface area contributed by atoms with Gasteiger partial charge in [-0.3, -0.25) is 14.9 Å². The molecule has 1 heterocycles. The molecule has 21 heavy (non-hydrogen) atoms. The normalized spacial score (nSPS) is 10.1. The van der Waals surface area contributed by atoms with Crippen molar-refractivity contribution in [3.05, 3.63) is 52.6 Å². The molecular formula is C13H14N4O4. The van der Waals surface area contributed by atoms with Crippen molar-refractivity contribution < 1.29 is 14.5 Å². The number of rotatable bonds is 7. The molecule has 2 aromatic rings. The number of amides is 1. The van der Waals surface area contributed by atoms with Gasteiger partial charge in [0, 0.05) is 31.4 Å². The van der Waals surface area contributed by atoms with Crippen LogP contribution in [0, 0.1) is 10.1 Å². The number of nitrogens with one attached hydrogen (secondary N) is 2. The molecule has 1 aromatic heterocycles. The molecule has 0 fully saturated rings. The van der Waals surface area contributed by atoms with Crippen LogP contribution in [0.5, 0.6) is 5.75 Å². The van der Waals surface area contributed by atoms with Crippen molar-refractivity contribution in [1.82, 2.24) is 15.3 Å². The minimum atomic E-state index is -0.518. The number of hydrogen-bond donors (Lipinski definition) is 2. The Kier molecular flexibility index (Phi) is 4.86. The van der Waals surface area contributed by atoms with Crippen LogP contribution in [0.15, 0.2) is 36.7 Å². The maximum Gasteiger partial charge on any atom is 0.273 e. The van der Waals surface area contributed by atoms with Crippen LogP contribution < -0.4 is 10.1 Å². The first-order valence-electron chi connectivity index (χ1n) is 6.27. The summed E-state index contributed by atoms with van der Waals surface area (Å²) in [4.78, 5) is 28.6. The molecule has 8 heteroatoms. The van der Waals surface area contributed by atoms with Crippen molar-refractivity contribution in [2.75, 3.05) is 13.2 Å². The maximum atomic E-state index is 11.6. The minimum Gasteiger partial charge on any atom is -0.484 e. The highest BCUT2D eigenvalue weighted by Crippen LogP contribution is 2.18. The molecule has 0 aliphatic carbocycles. The van der Waals surface area contributed by atoms with Crippen molar-refractivity contribution in [3.8, 4) is 5.75 Å². The molecule has 0 saturated heterocycles. The van der Waals surface area contributed by atoms with Gasteiger partial charge in [0.2, 0.25) is 0 Å². The number of aromatic amines is 1. The Hall–Kier alpha value is -2.90. The summed E-state index contributed by atoms with van der Waals surface area (Å²) >= 11 is 0. The van der Waals surface area contributed by atoms with E-state index in [2.05, 4.69) is 15.3 Å². The number of hydrogen-bond acceptors (Lipinski definition) is 5. The zero-order valence-corrected chi connectivity index (χ0v) is 11.1. The lowest BCUT2D eigenvalue weighted by Crippen LogP contribution is -2.30. The molecule has 0 saturated carbocycles. The van der Waals surface area contributed by atoms with E-state index in [0.717, 1.165) is 5.82 Å². The van der Waals surface area contributed by atoms with Gasteiger partial charge in [0.25, 0.3) is 11.6 Å². The van der Waals surface area contributed by atoms with Crippen molar-refractivity contribution in [2.45, 2.75) is 6.42 Å². The largest absolute Gasteiger partial charge is 0.484 e. The fraction of sp³-hybridized carbons (Fsp3) is 0.231. The van der Waals surface area contributed by atoms with Gasteiger partial charge < -0.3 is 15.0 Å². The van der Waals surface area contributed by atoms with Gasteiger partial charge in [-0.15, -0.1) is 0 Å². The molecule has 0 bridgehead atoms. The van der Waals surface area contributed by atoms with Gasteiger partial charge in [-0.25, -0.2) is 4.98 Å². The van der Waals surface area contributed by atoms with E-state index in [4.69, 9.17) is 4.74 Å². The highest BCUT2D eigenvalue weighted by atomic mass is 16.6. The van der Waals surface area contributed by atoms with E-state index in [1.54, 1.807) is 18.5 Å². The minimum absolute atomic E-state index is 0.0780. The number of ether oxygens (including phenoxy) is 1. The first-order chi connectivity index (χ1) is 10.1. The topological polar surface area (TPSA) is 110 Å². The van der Waals surface area contributed by atoms with Gasteiger partial charge >= 0.3 is 0 Å². The number of benzene rings is 1. The molecule has 0 radical (unpaired) electrons. The second-order valence-corrected chi connectivity index (χ2v) is 4.18. The lowest BCUT2D eigenvalue weighted by atomic mass is 10.3. The van der Waals surface area contributed by atoms with E-state index >= 15 is 0 Å². The number of H-pyrrole nitrogens is 1. The van der Waals surface area contributed by atoms with E-state index in [0.29, 0.717) is 13.0 Å². The average Bonchev–Trinajstić information content (AvgIpc) is 2.99. The molecule has 2 rings (SSSR count). The summed E-state index contributed by atoms with van der Waals surface area (Å²) in [5, 5.41) is 13.3. The molecule has 0 aliphatic rings. The number of non-ortho nitro benzene ring substituents is 1. The Morgan fingerprint density at radius 1 is 1.48 bits per heavy atom. The SMILES string of the molecule is O=C(COc1cccc([N+](=O)[O-])c1)NCCc1ncc[nH]1. The third-order valence-electron chi connectivity index (χ3n) is 2.64. The first kappa shape index (κ1) is 14.5. The third kappa shape index (κ3) is 4.60. The Bertz CT molecular complexity index is 612. The summed E-state index contributed by atoms with van der Waals surface area (Å²) in [6.07, 6.45) is 3.95. The van der Waals surface area contributed by atoms with Crippen LogP contribution in [0.4, 0.5) is 5.69 Å². The molecule has 0 aliphatic heterocycles. The molecule has 2 N–H and O–H groups in total. The summed E-state index contributed by atoms with van der Waals surface area (Å²) in [5.41, 5.74) is -0.0780. The molecule has 8 nitrogen and oxygen atoms in total. The van der Waals surface area contributed by atoms with Crippen LogP contribution in [0.2, 0.25) is 0 Å². The van der Waals surface area contributed by atoms with E-state index in [9.17, 15) is 14.9 Å². The Morgan fingerprint density at radius 2 is 2.33 bits per heavy atom. The summed E-state index contributed by atoms with van der Waals surface area (Å²) in [7, 11) is 0. The van der Waals surface area contributed by atoms with Crippen LogP contribution in [-0.4, -0.2) is 34.0 Å².